The molecule has 1 heterocycles. The lowest BCUT2D eigenvalue weighted by molar-refractivity contribution is 0.466. The largest absolute Gasteiger partial charge is 0.507 e. The fourth-order valence-corrected chi connectivity index (χ4v) is 1.70. The lowest BCUT2D eigenvalue weighted by atomic mass is 10.0. The molecule has 0 bridgehead atoms. The molecule has 0 unspecified atom stereocenters. The maximum absolute atomic E-state index is 9.82. The highest BCUT2D eigenvalue weighted by Crippen LogP contribution is 2.31. The average molecular weight is 229 g/mol. The molecule has 4 nitrogen and oxygen atoms in total. The van der Waals surface area contributed by atoms with Crippen molar-refractivity contribution in [2.75, 3.05) is 5.32 Å². The Morgan fingerprint density at radius 1 is 1.12 bits per heavy atom. The summed E-state index contributed by atoms with van der Waals surface area (Å²) in [7, 11) is 0. The number of aryl methyl sites for hydroxylation is 1. The van der Waals surface area contributed by atoms with Crippen LogP contribution in [0.3, 0.4) is 0 Å². The van der Waals surface area contributed by atoms with Gasteiger partial charge in [0, 0.05) is 18.1 Å². The summed E-state index contributed by atoms with van der Waals surface area (Å²) in [4.78, 5) is 8.16. The van der Waals surface area contributed by atoms with E-state index in [1.165, 1.54) is 0 Å². The van der Waals surface area contributed by atoms with Gasteiger partial charge in [-0.1, -0.05) is 0 Å². The highest BCUT2D eigenvalue weighted by Gasteiger charge is 2.09. The molecule has 0 aliphatic heterocycles. The first-order valence-electron chi connectivity index (χ1n) is 5.42. The van der Waals surface area contributed by atoms with Crippen molar-refractivity contribution < 1.29 is 5.11 Å². The van der Waals surface area contributed by atoms with E-state index in [-0.39, 0.29) is 0 Å². The van der Waals surface area contributed by atoms with E-state index in [9.17, 15) is 5.11 Å². The minimum absolute atomic E-state index is 0.354. The SMILES string of the molecule is Cc1cc(Nc2cnccn2)c(C)c(C)c1O. The summed E-state index contributed by atoms with van der Waals surface area (Å²) in [5, 5.41) is 13.0. The van der Waals surface area contributed by atoms with E-state index in [1.54, 1.807) is 18.6 Å². The normalized spacial score (nSPS) is 10.3. The van der Waals surface area contributed by atoms with E-state index in [1.807, 2.05) is 26.8 Å². The molecule has 0 fully saturated rings. The van der Waals surface area contributed by atoms with E-state index >= 15 is 0 Å². The van der Waals surface area contributed by atoms with Crippen LogP contribution in [0.1, 0.15) is 16.7 Å². The van der Waals surface area contributed by atoms with E-state index in [4.69, 9.17) is 0 Å². The molecule has 0 saturated heterocycles. The van der Waals surface area contributed by atoms with Crippen LogP contribution in [-0.4, -0.2) is 15.1 Å². The summed E-state index contributed by atoms with van der Waals surface area (Å²) in [6.07, 6.45) is 4.93. The molecule has 0 aliphatic carbocycles. The van der Waals surface area contributed by atoms with E-state index in [0.717, 1.165) is 22.4 Å². The number of aromatic hydroxyl groups is 1. The van der Waals surface area contributed by atoms with Crippen LogP contribution in [0, 0.1) is 20.8 Å². The van der Waals surface area contributed by atoms with Crippen molar-refractivity contribution in [1.82, 2.24) is 9.97 Å². The highest BCUT2D eigenvalue weighted by molar-refractivity contribution is 5.66. The molecule has 0 aliphatic rings. The Hall–Kier alpha value is -2.10. The van der Waals surface area contributed by atoms with Crippen LogP contribution in [0.4, 0.5) is 11.5 Å². The highest BCUT2D eigenvalue weighted by atomic mass is 16.3. The molecule has 0 spiro atoms. The third-order valence-electron chi connectivity index (χ3n) is 2.88. The van der Waals surface area contributed by atoms with Crippen molar-refractivity contribution >= 4 is 11.5 Å². The van der Waals surface area contributed by atoms with Gasteiger partial charge in [0.05, 0.1) is 6.20 Å². The minimum atomic E-state index is 0.354. The van der Waals surface area contributed by atoms with Gasteiger partial charge in [0.1, 0.15) is 11.6 Å². The monoisotopic (exact) mass is 229 g/mol. The van der Waals surface area contributed by atoms with Crippen LogP contribution in [0.2, 0.25) is 0 Å². The topological polar surface area (TPSA) is 58.0 Å². The molecule has 0 atom stereocenters. The molecule has 88 valence electrons. The standard InChI is InChI=1S/C13H15N3O/c1-8-6-11(9(2)10(3)13(8)17)16-12-7-14-4-5-15-12/h4-7,17H,1-3H3,(H,15,16). The predicted octanol–water partition coefficient (Wildman–Crippen LogP) is 2.85. The van der Waals surface area contributed by atoms with Gasteiger partial charge in [-0.05, 0) is 43.5 Å². The third kappa shape index (κ3) is 2.20. The Bertz CT molecular complexity index is 538. The van der Waals surface area contributed by atoms with Crippen LogP contribution in [0.5, 0.6) is 5.75 Å². The molecule has 2 rings (SSSR count). The first kappa shape index (κ1) is 11.4. The third-order valence-corrected chi connectivity index (χ3v) is 2.88. The number of phenolic OH excluding ortho intramolecular Hbond substituents is 1. The summed E-state index contributed by atoms with van der Waals surface area (Å²) >= 11 is 0. The maximum atomic E-state index is 9.82. The fraction of sp³-hybridized carbons (Fsp3) is 0.231. The number of benzene rings is 1. The van der Waals surface area contributed by atoms with Crippen LogP contribution in [-0.2, 0) is 0 Å². The first-order chi connectivity index (χ1) is 8.09. The Morgan fingerprint density at radius 3 is 2.53 bits per heavy atom. The molecule has 1 aromatic carbocycles. The second kappa shape index (κ2) is 4.41. The minimum Gasteiger partial charge on any atom is -0.507 e. The molecule has 2 N–H and O–H groups in total. The molecule has 0 radical (unpaired) electrons. The number of aromatic nitrogens is 2. The Kier molecular flexibility index (Phi) is 2.95. The molecule has 1 aromatic heterocycles. The molecule has 4 heteroatoms. The second-order valence-electron chi connectivity index (χ2n) is 4.06. The molecular formula is C13H15N3O. The van der Waals surface area contributed by atoms with Gasteiger partial charge < -0.3 is 10.4 Å². The van der Waals surface area contributed by atoms with Gasteiger partial charge in [0.15, 0.2) is 0 Å². The Morgan fingerprint density at radius 2 is 1.88 bits per heavy atom. The van der Waals surface area contributed by atoms with Crippen molar-refractivity contribution in [3.8, 4) is 5.75 Å². The fourth-order valence-electron chi connectivity index (χ4n) is 1.70. The van der Waals surface area contributed by atoms with Crippen molar-refractivity contribution in [3.05, 3.63) is 41.3 Å². The Balaban J connectivity index is 2.41. The van der Waals surface area contributed by atoms with Crippen molar-refractivity contribution in [2.24, 2.45) is 0 Å². The van der Waals surface area contributed by atoms with Crippen LogP contribution in [0.15, 0.2) is 24.7 Å². The maximum Gasteiger partial charge on any atom is 0.148 e. The van der Waals surface area contributed by atoms with Gasteiger partial charge in [-0.3, -0.25) is 4.98 Å². The lowest BCUT2D eigenvalue weighted by Crippen LogP contribution is -1.98. The van der Waals surface area contributed by atoms with Crippen molar-refractivity contribution in [2.45, 2.75) is 20.8 Å². The number of phenols is 1. The number of anilines is 2. The zero-order valence-electron chi connectivity index (χ0n) is 10.2. The van der Waals surface area contributed by atoms with Crippen LogP contribution < -0.4 is 5.32 Å². The quantitative estimate of drug-likeness (QED) is 0.777. The Labute approximate surface area is 100 Å². The summed E-state index contributed by atoms with van der Waals surface area (Å²) < 4.78 is 0. The summed E-state index contributed by atoms with van der Waals surface area (Å²) in [5.41, 5.74) is 3.69. The second-order valence-corrected chi connectivity index (χ2v) is 4.06. The molecule has 2 aromatic rings. The van der Waals surface area contributed by atoms with E-state index in [0.29, 0.717) is 11.6 Å². The predicted molar refractivity (Wildman–Crippen MR) is 67.6 cm³/mol. The summed E-state index contributed by atoms with van der Waals surface area (Å²) in [6, 6.07) is 1.91. The number of nitrogens with one attached hydrogen (secondary N) is 1. The number of hydrogen-bond acceptors (Lipinski definition) is 4. The van der Waals surface area contributed by atoms with E-state index < -0.39 is 0 Å². The zero-order valence-corrected chi connectivity index (χ0v) is 10.2. The smallest absolute Gasteiger partial charge is 0.148 e. The number of hydrogen-bond donors (Lipinski definition) is 2. The molecule has 17 heavy (non-hydrogen) atoms. The zero-order chi connectivity index (χ0) is 12.4. The van der Waals surface area contributed by atoms with Crippen LogP contribution in [0.25, 0.3) is 0 Å². The van der Waals surface area contributed by atoms with Gasteiger partial charge in [0.2, 0.25) is 0 Å². The van der Waals surface area contributed by atoms with Gasteiger partial charge in [-0.15, -0.1) is 0 Å². The van der Waals surface area contributed by atoms with Crippen molar-refractivity contribution in [1.29, 1.82) is 0 Å². The molecule has 0 saturated carbocycles. The van der Waals surface area contributed by atoms with Gasteiger partial charge in [-0.25, -0.2) is 4.98 Å². The van der Waals surface area contributed by atoms with Crippen molar-refractivity contribution in [3.63, 3.8) is 0 Å². The van der Waals surface area contributed by atoms with Gasteiger partial charge in [0.25, 0.3) is 0 Å². The van der Waals surface area contributed by atoms with Gasteiger partial charge in [-0.2, -0.15) is 0 Å². The average Bonchev–Trinajstić information content (AvgIpc) is 2.35. The number of nitrogens with zero attached hydrogens (tertiary/aromatic N) is 2. The van der Waals surface area contributed by atoms with Crippen LogP contribution >= 0.6 is 0 Å². The molecule has 0 amide bonds. The summed E-state index contributed by atoms with van der Waals surface area (Å²) in [5.74, 6) is 1.05. The van der Waals surface area contributed by atoms with E-state index in [2.05, 4.69) is 15.3 Å². The summed E-state index contributed by atoms with van der Waals surface area (Å²) in [6.45, 7) is 5.75. The van der Waals surface area contributed by atoms with Gasteiger partial charge >= 0.3 is 0 Å². The molecular weight excluding hydrogens is 214 g/mol. The number of rotatable bonds is 2. The first-order valence-corrected chi connectivity index (χ1v) is 5.42. The lowest BCUT2D eigenvalue weighted by Gasteiger charge is -2.14.